The number of benzene rings is 2. The SMILES string of the molecule is Cc1ccccc1Cn1cnc2sc(-c3ccccc3)c(C)c2c1=O. The van der Waals surface area contributed by atoms with E-state index < -0.39 is 0 Å². The quantitative estimate of drug-likeness (QED) is 0.534. The van der Waals surface area contributed by atoms with Crippen molar-refractivity contribution >= 4 is 21.6 Å². The van der Waals surface area contributed by atoms with Crippen molar-refractivity contribution in [1.29, 1.82) is 0 Å². The van der Waals surface area contributed by atoms with Crippen molar-refractivity contribution in [3.8, 4) is 10.4 Å². The van der Waals surface area contributed by atoms with Gasteiger partial charge in [0.25, 0.3) is 5.56 Å². The van der Waals surface area contributed by atoms with Crippen molar-refractivity contribution in [2.75, 3.05) is 0 Å². The summed E-state index contributed by atoms with van der Waals surface area (Å²) in [4.78, 5) is 19.5. The molecule has 0 unspecified atom stereocenters. The molecule has 0 amide bonds. The van der Waals surface area contributed by atoms with Gasteiger partial charge in [-0.1, -0.05) is 54.6 Å². The molecular weight excluding hydrogens is 328 g/mol. The molecule has 25 heavy (non-hydrogen) atoms. The number of thiophene rings is 1. The van der Waals surface area contributed by atoms with E-state index in [2.05, 4.69) is 36.2 Å². The number of hydrogen-bond donors (Lipinski definition) is 0. The van der Waals surface area contributed by atoms with E-state index in [1.54, 1.807) is 22.2 Å². The van der Waals surface area contributed by atoms with Crippen LogP contribution in [0.15, 0.2) is 65.7 Å². The first kappa shape index (κ1) is 15.8. The minimum Gasteiger partial charge on any atom is -0.294 e. The van der Waals surface area contributed by atoms with Crippen LogP contribution in [0.2, 0.25) is 0 Å². The Bertz CT molecular complexity index is 1110. The van der Waals surface area contributed by atoms with E-state index in [0.717, 1.165) is 31.8 Å². The Labute approximate surface area is 150 Å². The molecule has 2 heterocycles. The van der Waals surface area contributed by atoms with Crippen molar-refractivity contribution in [2.45, 2.75) is 20.4 Å². The molecule has 4 rings (SSSR count). The second kappa shape index (κ2) is 6.30. The largest absolute Gasteiger partial charge is 0.294 e. The third-order valence-corrected chi connectivity index (χ3v) is 5.80. The van der Waals surface area contributed by atoms with Crippen LogP contribution in [-0.4, -0.2) is 9.55 Å². The molecule has 0 spiro atoms. The first-order valence-electron chi connectivity index (χ1n) is 8.23. The highest BCUT2D eigenvalue weighted by molar-refractivity contribution is 7.22. The van der Waals surface area contributed by atoms with Gasteiger partial charge in [0.15, 0.2) is 0 Å². The molecule has 0 fully saturated rings. The normalized spacial score (nSPS) is 11.1. The van der Waals surface area contributed by atoms with Crippen LogP contribution >= 0.6 is 11.3 Å². The Morgan fingerprint density at radius 3 is 2.48 bits per heavy atom. The molecular formula is C21H18N2OS. The lowest BCUT2D eigenvalue weighted by Gasteiger charge is -2.08. The van der Waals surface area contributed by atoms with Crippen LogP contribution in [0.3, 0.4) is 0 Å². The van der Waals surface area contributed by atoms with Crippen molar-refractivity contribution in [1.82, 2.24) is 9.55 Å². The van der Waals surface area contributed by atoms with E-state index >= 15 is 0 Å². The summed E-state index contributed by atoms with van der Waals surface area (Å²) < 4.78 is 1.71. The second-order valence-electron chi connectivity index (χ2n) is 6.21. The predicted octanol–water partition coefficient (Wildman–Crippen LogP) is 4.79. The first-order chi connectivity index (χ1) is 12.1. The van der Waals surface area contributed by atoms with Crippen molar-refractivity contribution in [2.24, 2.45) is 0 Å². The summed E-state index contributed by atoms with van der Waals surface area (Å²) in [5.74, 6) is 0. The van der Waals surface area contributed by atoms with Gasteiger partial charge in [0.2, 0.25) is 0 Å². The van der Waals surface area contributed by atoms with Gasteiger partial charge in [0.05, 0.1) is 18.3 Å². The highest BCUT2D eigenvalue weighted by atomic mass is 32.1. The number of hydrogen-bond acceptors (Lipinski definition) is 3. The van der Waals surface area contributed by atoms with Gasteiger partial charge < -0.3 is 0 Å². The Hall–Kier alpha value is -2.72. The van der Waals surface area contributed by atoms with Crippen LogP contribution < -0.4 is 5.56 Å². The molecule has 4 aromatic rings. The molecule has 0 N–H and O–H groups in total. The minimum atomic E-state index is 0.0317. The van der Waals surface area contributed by atoms with Gasteiger partial charge in [0, 0.05) is 4.88 Å². The maximum Gasteiger partial charge on any atom is 0.262 e. The fourth-order valence-electron chi connectivity index (χ4n) is 3.11. The molecule has 0 bridgehead atoms. The number of fused-ring (bicyclic) bond motifs is 1. The lowest BCUT2D eigenvalue weighted by molar-refractivity contribution is 0.745. The van der Waals surface area contributed by atoms with Crippen molar-refractivity contribution in [3.63, 3.8) is 0 Å². The summed E-state index contributed by atoms with van der Waals surface area (Å²) in [6, 6.07) is 18.3. The van der Waals surface area contributed by atoms with Gasteiger partial charge in [0.1, 0.15) is 4.83 Å². The molecule has 0 aliphatic rings. The Balaban J connectivity index is 1.85. The number of nitrogens with zero attached hydrogens (tertiary/aromatic N) is 2. The zero-order chi connectivity index (χ0) is 17.4. The number of rotatable bonds is 3. The number of aromatic nitrogens is 2. The maximum absolute atomic E-state index is 13.0. The predicted molar refractivity (Wildman–Crippen MR) is 104 cm³/mol. The van der Waals surface area contributed by atoms with Crippen molar-refractivity contribution in [3.05, 3.63) is 88.0 Å². The first-order valence-corrected chi connectivity index (χ1v) is 9.05. The molecule has 0 saturated carbocycles. The molecule has 4 heteroatoms. The summed E-state index contributed by atoms with van der Waals surface area (Å²) in [6.07, 6.45) is 1.67. The smallest absolute Gasteiger partial charge is 0.262 e. The van der Waals surface area contributed by atoms with Crippen LogP contribution in [0.25, 0.3) is 20.7 Å². The summed E-state index contributed by atoms with van der Waals surface area (Å²) >= 11 is 1.58. The lowest BCUT2D eigenvalue weighted by Crippen LogP contribution is -2.21. The van der Waals surface area contributed by atoms with E-state index in [-0.39, 0.29) is 5.56 Å². The zero-order valence-corrected chi connectivity index (χ0v) is 15.0. The highest BCUT2D eigenvalue weighted by Gasteiger charge is 2.15. The summed E-state index contributed by atoms with van der Waals surface area (Å²) in [5.41, 5.74) is 4.50. The molecule has 0 saturated heterocycles. The molecule has 2 aromatic carbocycles. The maximum atomic E-state index is 13.0. The van der Waals surface area contributed by atoms with Crippen LogP contribution in [-0.2, 0) is 6.54 Å². The van der Waals surface area contributed by atoms with Crippen LogP contribution in [0, 0.1) is 13.8 Å². The van der Waals surface area contributed by atoms with Gasteiger partial charge in [-0.15, -0.1) is 11.3 Å². The van der Waals surface area contributed by atoms with Crippen LogP contribution in [0.1, 0.15) is 16.7 Å². The monoisotopic (exact) mass is 346 g/mol. The van der Waals surface area contributed by atoms with Crippen LogP contribution in [0.4, 0.5) is 0 Å². The van der Waals surface area contributed by atoms with E-state index in [9.17, 15) is 4.79 Å². The summed E-state index contributed by atoms with van der Waals surface area (Å²) in [5, 5.41) is 0.736. The summed E-state index contributed by atoms with van der Waals surface area (Å²) in [6.45, 7) is 4.63. The van der Waals surface area contributed by atoms with Gasteiger partial charge in [-0.2, -0.15) is 0 Å². The molecule has 0 aliphatic carbocycles. The van der Waals surface area contributed by atoms with E-state index in [1.807, 2.05) is 37.3 Å². The van der Waals surface area contributed by atoms with Gasteiger partial charge in [-0.05, 0) is 36.1 Å². The van der Waals surface area contributed by atoms with Gasteiger partial charge in [-0.3, -0.25) is 9.36 Å². The molecule has 0 atom stereocenters. The third-order valence-electron chi connectivity index (χ3n) is 4.56. The Kier molecular flexibility index (Phi) is 3.98. The van der Waals surface area contributed by atoms with Crippen molar-refractivity contribution < 1.29 is 0 Å². The lowest BCUT2D eigenvalue weighted by atomic mass is 10.1. The third kappa shape index (κ3) is 2.79. The standard InChI is InChI=1S/C21H18N2OS/c1-14-8-6-7-11-17(14)12-23-13-22-20-18(21(23)24)15(2)19(25-20)16-9-4-3-5-10-16/h3-11,13H,12H2,1-2H3. The fraction of sp³-hybridized carbons (Fsp3) is 0.143. The molecule has 124 valence electrons. The Morgan fingerprint density at radius 2 is 1.72 bits per heavy atom. The van der Waals surface area contributed by atoms with Crippen LogP contribution in [0.5, 0.6) is 0 Å². The average molecular weight is 346 g/mol. The van der Waals surface area contributed by atoms with E-state index in [4.69, 9.17) is 0 Å². The van der Waals surface area contributed by atoms with E-state index in [0.29, 0.717) is 6.54 Å². The second-order valence-corrected chi connectivity index (χ2v) is 7.21. The van der Waals surface area contributed by atoms with E-state index in [1.165, 1.54) is 5.56 Å². The molecule has 2 aromatic heterocycles. The molecule has 0 radical (unpaired) electrons. The fourth-order valence-corrected chi connectivity index (χ4v) is 4.25. The summed E-state index contributed by atoms with van der Waals surface area (Å²) in [7, 11) is 0. The topological polar surface area (TPSA) is 34.9 Å². The average Bonchev–Trinajstić information content (AvgIpc) is 2.97. The zero-order valence-electron chi connectivity index (χ0n) is 14.2. The molecule has 3 nitrogen and oxygen atoms in total. The Morgan fingerprint density at radius 1 is 1.00 bits per heavy atom. The van der Waals surface area contributed by atoms with Gasteiger partial charge >= 0.3 is 0 Å². The minimum absolute atomic E-state index is 0.0317. The highest BCUT2D eigenvalue weighted by Crippen LogP contribution is 2.35. The number of aryl methyl sites for hydroxylation is 2. The van der Waals surface area contributed by atoms with Gasteiger partial charge in [-0.25, -0.2) is 4.98 Å². The molecule has 0 aliphatic heterocycles.